The average molecular weight is 697 g/mol. The summed E-state index contributed by atoms with van der Waals surface area (Å²) in [5.74, 6) is 1.55. The van der Waals surface area contributed by atoms with Gasteiger partial charge in [-0.25, -0.2) is 14.8 Å². The number of rotatable bonds is 10. The number of carboxylic acids is 1. The first-order valence-electron chi connectivity index (χ1n) is 18.6. The van der Waals surface area contributed by atoms with E-state index < -0.39 is 18.1 Å². The topological polar surface area (TPSA) is 112 Å². The van der Waals surface area contributed by atoms with Gasteiger partial charge in [0, 0.05) is 41.4 Å². The Morgan fingerprint density at radius 3 is 2.26 bits per heavy atom. The summed E-state index contributed by atoms with van der Waals surface area (Å²) in [6.07, 6.45) is 18.0. The molecular formula is C41H52N4O4S. The van der Waals surface area contributed by atoms with Crippen LogP contribution >= 0.6 is 11.3 Å². The Bertz CT molecular complexity index is 1680. The van der Waals surface area contributed by atoms with Crippen LogP contribution in [0.25, 0.3) is 17.0 Å². The number of aliphatic carboxylic acids is 1. The van der Waals surface area contributed by atoms with Crippen molar-refractivity contribution in [2.24, 2.45) is 17.8 Å². The summed E-state index contributed by atoms with van der Waals surface area (Å²) in [7, 11) is 0. The fraction of sp³-hybridized carbons (Fsp3) is 0.537. The first-order valence-corrected chi connectivity index (χ1v) is 19.4. The first-order chi connectivity index (χ1) is 24.0. The second kappa shape index (κ2) is 15.6. The predicted molar refractivity (Wildman–Crippen MR) is 199 cm³/mol. The van der Waals surface area contributed by atoms with Crippen LogP contribution in [-0.2, 0) is 21.4 Å². The Balaban J connectivity index is 1.12. The van der Waals surface area contributed by atoms with Crippen LogP contribution in [0, 0.1) is 17.8 Å². The van der Waals surface area contributed by atoms with E-state index in [1.807, 2.05) is 42.7 Å². The molecule has 1 saturated heterocycles. The fourth-order valence-corrected chi connectivity index (χ4v) is 9.03. The molecule has 2 aromatic heterocycles. The number of hydrogen-bond acceptors (Lipinski definition) is 6. The molecule has 2 fully saturated rings. The number of benzene rings is 1. The summed E-state index contributed by atoms with van der Waals surface area (Å²) in [6, 6.07) is 9.70. The smallest absolute Gasteiger partial charge is 0.326 e. The van der Waals surface area contributed by atoms with Gasteiger partial charge in [-0.1, -0.05) is 77.3 Å². The third kappa shape index (κ3) is 8.36. The summed E-state index contributed by atoms with van der Waals surface area (Å²) >= 11 is 1.41. The number of carbonyl (C=O) groups excluding carboxylic acids is 2. The van der Waals surface area contributed by atoms with E-state index in [0.717, 1.165) is 52.2 Å². The number of nitrogens with zero attached hydrogens (tertiary/aromatic N) is 3. The minimum atomic E-state index is -1.02. The van der Waals surface area contributed by atoms with Crippen molar-refractivity contribution in [3.63, 3.8) is 0 Å². The van der Waals surface area contributed by atoms with Gasteiger partial charge in [0.15, 0.2) is 5.82 Å². The summed E-state index contributed by atoms with van der Waals surface area (Å²) in [5, 5.41) is 12.7. The van der Waals surface area contributed by atoms with E-state index >= 15 is 0 Å². The second-order valence-corrected chi connectivity index (χ2v) is 16.7. The van der Waals surface area contributed by atoms with Crippen LogP contribution in [0.1, 0.15) is 118 Å². The molecule has 2 N–H and O–H groups in total. The molecule has 1 aliphatic heterocycles. The van der Waals surface area contributed by atoms with Crippen molar-refractivity contribution in [2.45, 2.75) is 116 Å². The summed E-state index contributed by atoms with van der Waals surface area (Å²) in [4.78, 5) is 51.6. The maximum absolute atomic E-state index is 13.8. The molecule has 3 atom stereocenters. The van der Waals surface area contributed by atoms with Gasteiger partial charge in [0.25, 0.3) is 5.91 Å². The van der Waals surface area contributed by atoms with Gasteiger partial charge < -0.3 is 15.3 Å². The van der Waals surface area contributed by atoms with E-state index in [-0.39, 0.29) is 23.7 Å². The van der Waals surface area contributed by atoms with Crippen molar-refractivity contribution in [1.82, 2.24) is 20.2 Å². The largest absolute Gasteiger partial charge is 0.480 e. The lowest BCUT2D eigenvalue weighted by Crippen LogP contribution is -2.52. The maximum atomic E-state index is 13.8. The molecule has 9 heteroatoms. The quantitative estimate of drug-likeness (QED) is 0.221. The Hall–Kier alpha value is -3.85. The SMILES string of the molecule is CC[C@H]1CC[C@H](C2CC=C(c3cnc(-c4ccc(C[C@H](NC(=O)c5ccc(C(C)(C)C)s5)C(=O)N5CCCC5C(=O)O)cc4)nc3)CC2)CC1. The minimum absolute atomic E-state index is 0.0990. The maximum Gasteiger partial charge on any atom is 0.326 e. The molecule has 50 heavy (non-hydrogen) atoms. The molecule has 8 nitrogen and oxygen atoms in total. The van der Waals surface area contributed by atoms with Gasteiger partial charge in [0.2, 0.25) is 5.91 Å². The molecule has 0 spiro atoms. The molecule has 3 aliphatic rings. The van der Waals surface area contributed by atoms with E-state index in [4.69, 9.17) is 9.97 Å². The lowest BCUT2D eigenvalue weighted by atomic mass is 9.71. The van der Waals surface area contributed by atoms with Crippen LogP contribution in [0.2, 0.25) is 0 Å². The van der Waals surface area contributed by atoms with E-state index in [1.165, 1.54) is 60.3 Å². The lowest BCUT2D eigenvalue weighted by Gasteiger charge is -2.35. The molecule has 266 valence electrons. The highest BCUT2D eigenvalue weighted by Crippen LogP contribution is 2.41. The molecule has 0 radical (unpaired) electrons. The molecule has 2 unspecified atom stereocenters. The normalized spacial score (nSPS) is 23.3. The van der Waals surface area contributed by atoms with Gasteiger partial charge in [-0.05, 0) is 91.4 Å². The standard InChI is InChI=1S/C41H52N4O4S/c1-5-26-8-12-28(13-9-26)29-16-18-30(19-17-29)32-24-42-37(43-25-32)31-14-10-27(11-15-31)23-33(39(47)45-22-6-7-34(45)40(48)49)44-38(46)35-20-21-36(50-35)41(2,3)4/h10-11,14-15,18,20-21,24-26,28-29,33-34H,5-9,12-13,16-17,19,22-23H2,1-4H3,(H,44,46)(H,48,49)/t26-,28-,29?,33-,34?/m0/s1. The summed E-state index contributed by atoms with van der Waals surface area (Å²) < 4.78 is 0. The van der Waals surface area contributed by atoms with Crippen LogP contribution in [0.15, 0.2) is 54.9 Å². The molecule has 3 aromatic rings. The zero-order valence-electron chi connectivity index (χ0n) is 30.0. The van der Waals surface area contributed by atoms with Gasteiger partial charge in [0.05, 0.1) is 4.88 Å². The third-order valence-electron chi connectivity index (χ3n) is 11.3. The number of carbonyl (C=O) groups is 3. The Morgan fingerprint density at radius 1 is 0.940 bits per heavy atom. The predicted octanol–water partition coefficient (Wildman–Crippen LogP) is 8.32. The van der Waals surface area contributed by atoms with Gasteiger partial charge in [-0.3, -0.25) is 9.59 Å². The van der Waals surface area contributed by atoms with E-state index in [0.29, 0.717) is 30.1 Å². The van der Waals surface area contributed by atoms with Crippen molar-refractivity contribution < 1.29 is 19.5 Å². The van der Waals surface area contributed by atoms with Crippen LogP contribution in [-0.4, -0.2) is 56.4 Å². The van der Waals surface area contributed by atoms with Crippen LogP contribution < -0.4 is 5.32 Å². The highest BCUT2D eigenvalue weighted by atomic mass is 32.1. The lowest BCUT2D eigenvalue weighted by molar-refractivity contribution is -0.148. The van der Waals surface area contributed by atoms with Crippen molar-refractivity contribution in [1.29, 1.82) is 0 Å². The molecule has 0 bridgehead atoms. The Kier molecular flexibility index (Phi) is 11.2. The van der Waals surface area contributed by atoms with Crippen molar-refractivity contribution >= 4 is 34.7 Å². The van der Waals surface area contributed by atoms with E-state index in [1.54, 1.807) is 6.07 Å². The molecule has 1 aromatic carbocycles. The molecule has 6 rings (SSSR count). The van der Waals surface area contributed by atoms with E-state index in [9.17, 15) is 19.5 Å². The summed E-state index contributed by atoms with van der Waals surface area (Å²) in [6.45, 7) is 8.97. The van der Waals surface area contributed by atoms with Crippen molar-refractivity contribution in [3.8, 4) is 11.4 Å². The number of amides is 2. The van der Waals surface area contributed by atoms with Gasteiger partial charge in [-0.15, -0.1) is 11.3 Å². The first kappa shape index (κ1) is 36.0. The van der Waals surface area contributed by atoms with Gasteiger partial charge in [0.1, 0.15) is 12.1 Å². The van der Waals surface area contributed by atoms with Gasteiger partial charge >= 0.3 is 5.97 Å². The zero-order valence-corrected chi connectivity index (χ0v) is 30.8. The second-order valence-electron chi connectivity index (χ2n) is 15.6. The monoisotopic (exact) mass is 696 g/mol. The van der Waals surface area contributed by atoms with Crippen molar-refractivity contribution in [3.05, 3.63) is 75.7 Å². The third-order valence-corrected chi connectivity index (χ3v) is 12.8. The van der Waals surface area contributed by atoms with Crippen LogP contribution in [0.3, 0.4) is 0 Å². The van der Waals surface area contributed by atoms with Crippen LogP contribution in [0.4, 0.5) is 0 Å². The van der Waals surface area contributed by atoms with Crippen molar-refractivity contribution in [2.75, 3.05) is 6.54 Å². The molecular weight excluding hydrogens is 645 g/mol. The number of hydrogen-bond donors (Lipinski definition) is 2. The minimum Gasteiger partial charge on any atom is -0.480 e. The zero-order chi connectivity index (χ0) is 35.4. The molecule has 3 heterocycles. The number of likely N-dealkylation sites (tertiary alicyclic amines) is 1. The van der Waals surface area contributed by atoms with E-state index in [2.05, 4.69) is 39.1 Å². The number of nitrogens with one attached hydrogen (secondary N) is 1. The molecule has 2 amide bonds. The fourth-order valence-electron chi connectivity index (χ4n) is 8.06. The molecule has 1 saturated carbocycles. The number of thiophene rings is 1. The number of allylic oxidation sites excluding steroid dienone is 2. The van der Waals surface area contributed by atoms with Crippen LogP contribution in [0.5, 0.6) is 0 Å². The van der Waals surface area contributed by atoms with Gasteiger partial charge in [-0.2, -0.15) is 0 Å². The summed E-state index contributed by atoms with van der Waals surface area (Å²) in [5.41, 5.74) is 4.06. The Labute approximate surface area is 300 Å². The highest BCUT2D eigenvalue weighted by molar-refractivity contribution is 7.14. The Morgan fingerprint density at radius 2 is 1.66 bits per heavy atom. The average Bonchev–Trinajstić information content (AvgIpc) is 3.83. The number of carboxylic acid groups (broad SMARTS) is 1. The number of aromatic nitrogens is 2. The molecule has 2 aliphatic carbocycles. The highest BCUT2D eigenvalue weighted by Gasteiger charge is 2.38.